The van der Waals surface area contributed by atoms with E-state index in [0.29, 0.717) is 16.7 Å². The number of anilines is 2. The van der Waals surface area contributed by atoms with Crippen LogP contribution in [0.1, 0.15) is 44.7 Å². The average Bonchev–Trinajstić information content (AvgIpc) is 3.20. The van der Waals surface area contributed by atoms with Crippen LogP contribution >= 0.6 is 11.3 Å². The van der Waals surface area contributed by atoms with Gasteiger partial charge in [0.15, 0.2) is 5.13 Å². The highest BCUT2D eigenvalue weighted by Gasteiger charge is 2.32. The summed E-state index contributed by atoms with van der Waals surface area (Å²) in [6, 6.07) is 9.48. The molecule has 1 aliphatic heterocycles. The van der Waals surface area contributed by atoms with Crippen LogP contribution in [0.15, 0.2) is 41.8 Å². The number of benzene rings is 1. The Kier molecular flexibility index (Phi) is 6.09. The first kappa shape index (κ1) is 19.8. The second-order valence-electron chi connectivity index (χ2n) is 7.96. The van der Waals surface area contributed by atoms with Crippen molar-refractivity contribution < 1.29 is 9.59 Å². The van der Waals surface area contributed by atoms with Crippen LogP contribution < -0.4 is 4.90 Å². The number of thiazole rings is 1. The van der Waals surface area contributed by atoms with Gasteiger partial charge in [-0.2, -0.15) is 0 Å². The predicted octanol–water partition coefficient (Wildman–Crippen LogP) is 4.88. The minimum atomic E-state index is -0.0903. The van der Waals surface area contributed by atoms with E-state index < -0.39 is 0 Å². The van der Waals surface area contributed by atoms with E-state index in [1.807, 2.05) is 40.6 Å². The predicted molar refractivity (Wildman–Crippen MR) is 117 cm³/mol. The maximum atomic E-state index is 12.7. The number of para-hydroxylation sites is 1. The van der Waals surface area contributed by atoms with Crippen LogP contribution in [0.5, 0.6) is 0 Å². The fourth-order valence-corrected chi connectivity index (χ4v) is 5.38. The number of piperidine rings is 1. The van der Waals surface area contributed by atoms with Gasteiger partial charge in [0.25, 0.3) is 0 Å². The second kappa shape index (κ2) is 8.91. The van der Waals surface area contributed by atoms with Gasteiger partial charge in [-0.15, -0.1) is 11.3 Å². The summed E-state index contributed by atoms with van der Waals surface area (Å²) in [6.07, 6.45) is 9.76. The number of rotatable bonds is 4. The van der Waals surface area contributed by atoms with Gasteiger partial charge < -0.3 is 4.90 Å². The first-order valence-corrected chi connectivity index (χ1v) is 11.3. The van der Waals surface area contributed by atoms with Crippen molar-refractivity contribution in [3.8, 4) is 0 Å². The molecular formula is C23H27N3O2S. The largest absolute Gasteiger partial charge is 0.339 e. The molecule has 5 nitrogen and oxygen atoms in total. The first-order valence-electron chi connectivity index (χ1n) is 10.4. The van der Waals surface area contributed by atoms with E-state index in [4.69, 9.17) is 0 Å². The molecule has 2 aliphatic rings. The van der Waals surface area contributed by atoms with Crippen LogP contribution in [0.4, 0.5) is 10.8 Å². The molecule has 0 unspecified atom stereocenters. The Labute approximate surface area is 176 Å². The summed E-state index contributed by atoms with van der Waals surface area (Å²) in [4.78, 5) is 33.0. The standard InChI is InChI=1S/C23H27N3O2S/c1-17(27)26(21-9-3-2-4-10-21)23-24-20(16-29-23)11-12-22(28)25-14-13-18-7-5-6-8-19(18)15-25/h2-4,9-12,16,18-19H,5-8,13-15H2,1H3/b12-11+/t18-,19+/m1/s1. The minimum absolute atomic E-state index is 0.0649. The summed E-state index contributed by atoms with van der Waals surface area (Å²) in [5.74, 6) is 1.46. The van der Waals surface area contributed by atoms with E-state index in [1.165, 1.54) is 43.9 Å². The van der Waals surface area contributed by atoms with Crippen LogP contribution in [0, 0.1) is 11.8 Å². The Morgan fingerprint density at radius 2 is 1.90 bits per heavy atom. The highest BCUT2D eigenvalue weighted by atomic mass is 32.1. The van der Waals surface area contributed by atoms with Crippen molar-refractivity contribution in [2.75, 3.05) is 18.0 Å². The molecule has 4 rings (SSSR count). The van der Waals surface area contributed by atoms with E-state index in [1.54, 1.807) is 17.1 Å². The zero-order valence-corrected chi connectivity index (χ0v) is 17.6. The Morgan fingerprint density at radius 3 is 2.66 bits per heavy atom. The summed E-state index contributed by atoms with van der Waals surface area (Å²) in [5.41, 5.74) is 1.49. The van der Waals surface area contributed by atoms with Gasteiger partial charge in [0.05, 0.1) is 11.4 Å². The van der Waals surface area contributed by atoms with Gasteiger partial charge in [0, 0.05) is 31.5 Å². The van der Waals surface area contributed by atoms with Crippen LogP contribution in [0.2, 0.25) is 0 Å². The Balaban J connectivity index is 1.42. The number of aromatic nitrogens is 1. The monoisotopic (exact) mass is 409 g/mol. The molecule has 2 amide bonds. The molecule has 1 saturated heterocycles. The lowest BCUT2D eigenvalue weighted by Gasteiger charge is -2.41. The lowest BCUT2D eigenvalue weighted by molar-refractivity contribution is -0.129. The normalized spacial score (nSPS) is 21.8. The third-order valence-electron chi connectivity index (χ3n) is 6.03. The smallest absolute Gasteiger partial charge is 0.246 e. The molecule has 0 N–H and O–H groups in total. The second-order valence-corrected chi connectivity index (χ2v) is 8.79. The molecule has 1 aromatic heterocycles. The van der Waals surface area contributed by atoms with E-state index in [9.17, 15) is 9.59 Å². The number of nitrogens with zero attached hydrogens (tertiary/aromatic N) is 3. The zero-order valence-electron chi connectivity index (χ0n) is 16.8. The molecule has 29 heavy (non-hydrogen) atoms. The maximum Gasteiger partial charge on any atom is 0.246 e. The maximum absolute atomic E-state index is 12.7. The third kappa shape index (κ3) is 4.58. The summed E-state index contributed by atoms with van der Waals surface area (Å²) >= 11 is 1.40. The third-order valence-corrected chi connectivity index (χ3v) is 6.87. The van der Waals surface area contributed by atoms with Crippen molar-refractivity contribution in [1.29, 1.82) is 0 Å². The lowest BCUT2D eigenvalue weighted by Crippen LogP contribution is -2.44. The zero-order chi connectivity index (χ0) is 20.2. The fraction of sp³-hybridized carbons (Fsp3) is 0.435. The Bertz CT molecular complexity index is 893. The van der Waals surface area contributed by atoms with E-state index in [-0.39, 0.29) is 11.8 Å². The number of fused-ring (bicyclic) bond motifs is 1. The van der Waals surface area contributed by atoms with Gasteiger partial charge in [-0.3, -0.25) is 14.5 Å². The molecule has 2 aromatic rings. The number of hydrogen-bond donors (Lipinski definition) is 0. The topological polar surface area (TPSA) is 53.5 Å². The first-order chi connectivity index (χ1) is 14.1. The molecular weight excluding hydrogens is 382 g/mol. The molecule has 0 spiro atoms. The molecule has 0 bridgehead atoms. The van der Waals surface area contributed by atoms with Gasteiger partial charge in [-0.1, -0.05) is 37.5 Å². The van der Waals surface area contributed by atoms with Crippen LogP contribution in [0.3, 0.4) is 0 Å². The van der Waals surface area contributed by atoms with E-state index in [0.717, 1.165) is 31.1 Å². The SMILES string of the molecule is CC(=O)N(c1ccccc1)c1nc(/C=C/C(=O)N2CC[C@H]3CCCC[C@H]3C2)cs1. The van der Waals surface area contributed by atoms with Crippen LogP contribution in [-0.4, -0.2) is 34.8 Å². The van der Waals surface area contributed by atoms with Gasteiger partial charge in [0.1, 0.15) is 0 Å². The molecule has 1 saturated carbocycles. The number of carbonyl (C=O) groups excluding carboxylic acids is 2. The van der Waals surface area contributed by atoms with Crippen LogP contribution in [0.25, 0.3) is 6.08 Å². The van der Waals surface area contributed by atoms with Crippen molar-refractivity contribution in [3.63, 3.8) is 0 Å². The number of carbonyl (C=O) groups is 2. The summed E-state index contributed by atoms with van der Waals surface area (Å²) in [6.45, 7) is 3.28. The quantitative estimate of drug-likeness (QED) is 0.676. The molecule has 152 valence electrons. The van der Waals surface area contributed by atoms with Gasteiger partial charge in [-0.25, -0.2) is 4.98 Å². The lowest BCUT2D eigenvalue weighted by atomic mass is 9.75. The van der Waals surface area contributed by atoms with E-state index >= 15 is 0 Å². The molecule has 2 fully saturated rings. The average molecular weight is 410 g/mol. The number of likely N-dealkylation sites (tertiary alicyclic amines) is 1. The van der Waals surface area contributed by atoms with Crippen molar-refractivity contribution in [1.82, 2.24) is 9.88 Å². The molecule has 2 heterocycles. The van der Waals surface area contributed by atoms with Crippen molar-refractivity contribution in [2.24, 2.45) is 11.8 Å². The van der Waals surface area contributed by atoms with Crippen molar-refractivity contribution in [2.45, 2.75) is 39.0 Å². The molecule has 1 aliphatic carbocycles. The molecule has 1 aromatic carbocycles. The highest BCUT2D eigenvalue weighted by molar-refractivity contribution is 7.14. The molecule has 2 atom stereocenters. The van der Waals surface area contributed by atoms with Crippen molar-refractivity contribution >= 4 is 40.0 Å². The van der Waals surface area contributed by atoms with Gasteiger partial charge in [0.2, 0.25) is 11.8 Å². The fourth-order valence-electron chi connectivity index (χ4n) is 4.52. The number of amides is 2. The highest BCUT2D eigenvalue weighted by Crippen LogP contribution is 2.36. The molecule has 6 heteroatoms. The van der Waals surface area contributed by atoms with Crippen molar-refractivity contribution in [3.05, 3.63) is 47.5 Å². The minimum Gasteiger partial charge on any atom is -0.339 e. The Hall–Kier alpha value is -2.47. The summed E-state index contributed by atoms with van der Waals surface area (Å²) in [5, 5.41) is 2.49. The van der Waals surface area contributed by atoms with Crippen LogP contribution in [-0.2, 0) is 9.59 Å². The van der Waals surface area contributed by atoms with Gasteiger partial charge in [-0.05, 0) is 42.9 Å². The Morgan fingerprint density at radius 1 is 1.14 bits per heavy atom. The summed E-state index contributed by atoms with van der Waals surface area (Å²) in [7, 11) is 0. The molecule has 0 radical (unpaired) electrons. The summed E-state index contributed by atoms with van der Waals surface area (Å²) < 4.78 is 0. The van der Waals surface area contributed by atoms with E-state index in [2.05, 4.69) is 4.98 Å². The van der Waals surface area contributed by atoms with Gasteiger partial charge >= 0.3 is 0 Å². The number of hydrogen-bond acceptors (Lipinski definition) is 4.